The molecule has 2 aromatic rings. The van der Waals surface area contributed by atoms with Gasteiger partial charge in [-0.1, -0.05) is 6.42 Å². The summed E-state index contributed by atoms with van der Waals surface area (Å²) < 4.78 is 0. The highest BCUT2D eigenvalue weighted by Crippen LogP contribution is 2.23. The fourth-order valence-electron chi connectivity index (χ4n) is 3.03. The van der Waals surface area contributed by atoms with Crippen molar-refractivity contribution in [1.29, 1.82) is 0 Å². The molecule has 0 amide bonds. The van der Waals surface area contributed by atoms with Crippen molar-refractivity contribution in [3.63, 3.8) is 0 Å². The first kappa shape index (κ1) is 16.9. The van der Waals surface area contributed by atoms with Gasteiger partial charge in [-0.3, -0.25) is 9.69 Å². The molecule has 0 unspecified atom stereocenters. The monoisotopic (exact) mass is 341 g/mol. The molecule has 1 aliphatic heterocycles. The number of aromatic hydroxyl groups is 1. The van der Waals surface area contributed by atoms with Crippen molar-refractivity contribution in [2.24, 2.45) is 0 Å². The summed E-state index contributed by atoms with van der Waals surface area (Å²) in [5, 5.41) is 12.1. The second kappa shape index (κ2) is 7.77. The zero-order valence-electron chi connectivity index (χ0n) is 14.0. The lowest BCUT2D eigenvalue weighted by atomic mass is 10.0. The molecule has 0 aliphatic carbocycles. The van der Waals surface area contributed by atoms with Crippen molar-refractivity contribution < 1.29 is 9.90 Å². The standard InChI is InChI=1S/C20H23NO2S/c1-15-9-12-24-20(15)8-7-18(22)16-5-6-19(23)17(13-16)14-21-10-3-2-4-11-21/h5-9,12-13,23H,2-4,10-11,14H2,1H3/b8-7+. The van der Waals surface area contributed by atoms with E-state index in [1.807, 2.05) is 30.5 Å². The maximum Gasteiger partial charge on any atom is 0.185 e. The number of carbonyl (C=O) groups is 1. The van der Waals surface area contributed by atoms with Gasteiger partial charge in [0.25, 0.3) is 0 Å². The number of phenolic OH excluding ortho intramolecular Hbond substituents is 1. The molecule has 4 heteroatoms. The summed E-state index contributed by atoms with van der Waals surface area (Å²) in [6, 6.07) is 7.21. The van der Waals surface area contributed by atoms with Gasteiger partial charge in [0.05, 0.1) is 0 Å². The Morgan fingerprint density at radius 2 is 2.04 bits per heavy atom. The van der Waals surface area contributed by atoms with Gasteiger partial charge in [-0.2, -0.15) is 0 Å². The van der Waals surface area contributed by atoms with Gasteiger partial charge in [0.1, 0.15) is 5.75 Å². The first-order valence-corrected chi connectivity index (χ1v) is 9.32. The molecule has 3 rings (SSSR count). The summed E-state index contributed by atoms with van der Waals surface area (Å²) in [4.78, 5) is 15.9. The molecule has 1 aromatic heterocycles. The van der Waals surface area contributed by atoms with E-state index in [2.05, 4.69) is 4.90 Å². The zero-order valence-corrected chi connectivity index (χ0v) is 14.8. The summed E-state index contributed by atoms with van der Waals surface area (Å²) in [6.07, 6.45) is 7.20. The molecule has 0 radical (unpaired) electrons. The first-order chi connectivity index (χ1) is 11.6. The Morgan fingerprint density at radius 1 is 1.25 bits per heavy atom. The van der Waals surface area contributed by atoms with Crippen LogP contribution in [0.5, 0.6) is 5.75 Å². The number of phenols is 1. The summed E-state index contributed by atoms with van der Waals surface area (Å²) in [6.45, 7) is 4.88. The molecule has 1 saturated heterocycles. The number of likely N-dealkylation sites (tertiary alicyclic amines) is 1. The van der Waals surface area contributed by atoms with Crippen molar-refractivity contribution in [2.45, 2.75) is 32.7 Å². The molecule has 126 valence electrons. The van der Waals surface area contributed by atoms with Crippen LogP contribution < -0.4 is 0 Å². The average Bonchev–Trinajstić information content (AvgIpc) is 3.00. The van der Waals surface area contributed by atoms with Gasteiger partial charge in [-0.15, -0.1) is 11.3 Å². The van der Waals surface area contributed by atoms with Crippen LogP contribution in [-0.4, -0.2) is 28.9 Å². The smallest absolute Gasteiger partial charge is 0.185 e. The number of aryl methyl sites for hydroxylation is 1. The van der Waals surface area contributed by atoms with Crippen LogP contribution >= 0.6 is 11.3 Å². The lowest BCUT2D eigenvalue weighted by Crippen LogP contribution is -2.29. The van der Waals surface area contributed by atoms with Crippen LogP contribution in [-0.2, 0) is 6.54 Å². The van der Waals surface area contributed by atoms with E-state index < -0.39 is 0 Å². The second-order valence-electron chi connectivity index (χ2n) is 6.35. The van der Waals surface area contributed by atoms with Gasteiger partial charge < -0.3 is 5.11 Å². The molecule has 0 atom stereocenters. The van der Waals surface area contributed by atoms with Crippen LogP contribution in [0.4, 0.5) is 0 Å². The SMILES string of the molecule is Cc1ccsc1/C=C/C(=O)c1ccc(O)c(CN2CCCCC2)c1. The van der Waals surface area contributed by atoms with Crippen LogP contribution in [0.15, 0.2) is 35.7 Å². The Hall–Kier alpha value is -1.91. The number of thiophene rings is 1. The number of hydrogen-bond donors (Lipinski definition) is 1. The summed E-state index contributed by atoms with van der Waals surface area (Å²) >= 11 is 1.63. The third-order valence-corrected chi connectivity index (χ3v) is 5.48. The van der Waals surface area contributed by atoms with E-state index in [0.717, 1.165) is 23.5 Å². The van der Waals surface area contributed by atoms with Gasteiger partial charge in [-0.25, -0.2) is 0 Å². The number of piperidine rings is 1. The molecule has 1 N–H and O–H groups in total. The number of nitrogens with zero attached hydrogens (tertiary/aromatic N) is 1. The minimum Gasteiger partial charge on any atom is -0.508 e. The van der Waals surface area contributed by atoms with Gasteiger partial charge in [0, 0.05) is 22.5 Å². The maximum atomic E-state index is 12.4. The Labute approximate surface area is 147 Å². The van der Waals surface area contributed by atoms with Crippen LogP contribution in [0.1, 0.15) is 45.6 Å². The highest BCUT2D eigenvalue weighted by atomic mass is 32.1. The summed E-state index contributed by atoms with van der Waals surface area (Å²) in [5.41, 5.74) is 2.65. The van der Waals surface area contributed by atoms with E-state index in [1.54, 1.807) is 29.5 Å². The normalized spacial score (nSPS) is 15.9. The zero-order chi connectivity index (χ0) is 16.9. The van der Waals surface area contributed by atoms with Crippen LogP contribution in [0.25, 0.3) is 6.08 Å². The predicted octanol–water partition coefficient (Wildman–Crippen LogP) is 4.64. The molecule has 0 spiro atoms. The molecule has 1 aromatic carbocycles. The van der Waals surface area contributed by atoms with Crippen molar-refractivity contribution in [3.8, 4) is 5.75 Å². The fourth-order valence-corrected chi connectivity index (χ4v) is 3.85. The number of benzene rings is 1. The number of allylic oxidation sites excluding steroid dienone is 1. The summed E-state index contributed by atoms with van der Waals surface area (Å²) in [7, 11) is 0. The fraction of sp³-hybridized carbons (Fsp3) is 0.350. The molecule has 3 nitrogen and oxygen atoms in total. The van der Waals surface area contributed by atoms with E-state index >= 15 is 0 Å². The minimum atomic E-state index is -0.0253. The molecular formula is C20H23NO2S. The molecule has 1 fully saturated rings. The number of carbonyl (C=O) groups excluding carboxylic acids is 1. The molecule has 24 heavy (non-hydrogen) atoms. The Bertz CT molecular complexity index is 742. The predicted molar refractivity (Wildman–Crippen MR) is 99.7 cm³/mol. The highest BCUT2D eigenvalue weighted by Gasteiger charge is 2.14. The van der Waals surface area contributed by atoms with Crippen molar-refractivity contribution in [1.82, 2.24) is 4.90 Å². The van der Waals surface area contributed by atoms with Crippen LogP contribution in [0.3, 0.4) is 0 Å². The number of ketones is 1. The molecule has 2 heterocycles. The molecule has 1 aliphatic rings. The van der Waals surface area contributed by atoms with E-state index in [1.165, 1.54) is 24.8 Å². The van der Waals surface area contributed by atoms with Crippen LogP contribution in [0, 0.1) is 6.92 Å². The van der Waals surface area contributed by atoms with Gasteiger partial charge in [0.2, 0.25) is 0 Å². The minimum absolute atomic E-state index is 0.0253. The quantitative estimate of drug-likeness (QED) is 0.636. The Kier molecular flexibility index (Phi) is 5.48. The van der Waals surface area contributed by atoms with Crippen molar-refractivity contribution >= 4 is 23.2 Å². The van der Waals surface area contributed by atoms with Gasteiger partial charge in [-0.05, 0) is 80.2 Å². The molecule has 0 saturated carbocycles. The van der Waals surface area contributed by atoms with E-state index in [4.69, 9.17) is 0 Å². The number of rotatable bonds is 5. The van der Waals surface area contributed by atoms with Gasteiger partial charge in [0.15, 0.2) is 5.78 Å². The highest BCUT2D eigenvalue weighted by molar-refractivity contribution is 7.11. The summed E-state index contributed by atoms with van der Waals surface area (Å²) in [5.74, 6) is 0.248. The number of hydrogen-bond acceptors (Lipinski definition) is 4. The second-order valence-corrected chi connectivity index (χ2v) is 7.29. The Morgan fingerprint density at radius 3 is 2.75 bits per heavy atom. The average molecular weight is 341 g/mol. The van der Waals surface area contributed by atoms with Gasteiger partial charge >= 0.3 is 0 Å². The van der Waals surface area contributed by atoms with E-state index in [0.29, 0.717) is 12.1 Å². The third-order valence-electron chi connectivity index (χ3n) is 4.49. The Balaban J connectivity index is 1.73. The lowest BCUT2D eigenvalue weighted by Gasteiger charge is -2.26. The van der Waals surface area contributed by atoms with E-state index in [-0.39, 0.29) is 11.5 Å². The molecular weight excluding hydrogens is 318 g/mol. The molecule has 0 bridgehead atoms. The van der Waals surface area contributed by atoms with E-state index in [9.17, 15) is 9.90 Å². The largest absolute Gasteiger partial charge is 0.508 e. The maximum absolute atomic E-state index is 12.4. The van der Waals surface area contributed by atoms with Crippen molar-refractivity contribution in [3.05, 3.63) is 57.3 Å². The third kappa shape index (κ3) is 4.13. The topological polar surface area (TPSA) is 40.5 Å². The van der Waals surface area contributed by atoms with Crippen molar-refractivity contribution in [2.75, 3.05) is 13.1 Å². The lowest BCUT2D eigenvalue weighted by molar-refractivity contribution is 0.104. The first-order valence-electron chi connectivity index (χ1n) is 8.44. The van der Waals surface area contributed by atoms with Crippen LogP contribution in [0.2, 0.25) is 0 Å².